The largest absolute Gasteiger partial charge is 0.422 e. The summed E-state index contributed by atoms with van der Waals surface area (Å²) in [5.74, 6) is -4.21. The molecule has 3 amide bonds. The minimum Gasteiger partial charge on any atom is -0.422 e. The number of thiophene rings is 1. The molecule has 3 atom stereocenters. The molecule has 204 valence electrons. The number of benzene rings is 2. The van der Waals surface area contributed by atoms with Crippen molar-refractivity contribution in [2.75, 3.05) is 6.54 Å². The highest BCUT2D eigenvalue weighted by Gasteiger charge is 2.53. The highest BCUT2D eigenvalue weighted by atomic mass is 35.5. The smallest absolute Gasteiger partial charge is 0.353 e. The molecule has 2 aliphatic rings. The Balaban J connectivity index is 1.42. The molecular weight excluding hydrogens is 575 g/mol. The van der Waals surface area contributed by atoms with Gasteiger partial charge in [-0.1, -0.05) is 48.3 Å². The van der Waals surface area contributed by atoms with Crippen LogP contribution in [0.3, 0.4) is 0 Å². The van der Waals surface area contributed by atoms with Crippen LogP contribution in [0.2, 0.25) is 10.0 Å². The lowest BCUT2D eigenvalue weighted by molar-refractivity contribution is -0.154. The number of amides is 3. The molecule has 40 heavy (non-hydrogen) atoms. The molecule has 0 unspecified atom stereocenters. The number of carbonyl (C=O) groups is 5. The topological polar surface area (TPSA) is 101 Å². The summed E-state index contributed by atoms with van der Waals surface area (Å²) >= 11 is 13.5. The Morgan fingerprint density at radius 3 is 2.45 bits per heavy atom. The zero-order chi connectivity index (χ0) is 28.6. The van der Waals surface area contributed by atoms with Gasteiger partial charge in [-0.3, -0.25) is 19.2 Å². The Kier molecular flexibility index (Phi) is 7.89. The summed E-state index contributed by atoms with van der Waals surface area (Å²) in [6.45, 7) is 1.23. The molecule has 1 saturated heterocycles. The molecule has 0 radical (unpaired) electrons. The number of hydrogen-bond acceptors (Lipinski definition) is 7. The average Bonchev–Trinajstić information content (AvgIpc) is 3.55. The Morgan fingerprint density at radius 2 is 1.80 bits per heavy atom. The number of hydrazine groups is 1. The van der Waals surface area contributed by atoms with E-state index in [2.05, 4.69) is 0 Å². The molecule has 2 heterocycles. The Morgan fingerprint density at radius 1 is 1.05 bits per heavy atom. The summed E-state index contributed by atoms with van der Waals surface area (Å²) < 4.78 is 5.33. The minimum atomic E-state index is -0.794. The molecular formula is C29H22Cl2N2O6S. The molecule has 5 rings (SSSR count). The highest BCUT2D eigenvalue weighted by Crippen LogP contribution is 2.39. The SMILES string of the molecule is C[C@@H]1C=CC[C@@H]2C(=O)N(N(CC(=O)c3ccc(OC(=O)c4cccs4)cc3)C(=O)c3ccc(Cl)cc3Cl)C(=O)[C@@H]12. The number of nitrogens with zero attached hydrogens (tertiary/aromatic N) is 2. The monoisotopic (exact) mass is 596 g/mol. The number of Topliss-reactive ketones (excluding diaryl/α,β-unsaturated/α-hetero) is 1. The van der Waals surface area contributed by atoms with E-state index in [1.165, 1.54) is 53.8 Å². The number of fused-ring (bicyclic) bond motifs is 1. The maximum absolute atomic E-state index is 13.7. The van der Waals surface area contributed by atoms with E-state index in [-0.39, 0.29) is 27.8 Å². The van der Waals surface area contributed by atoms with E-state index in [0.717, 1.165) is 10.0 Å². The summed E-state index contributed by atoms with van der Waals surface area (Å²) in [5, 5.41) is 3.71. The number of esters is 1. The molecule has 1 aromatic heterocycles. The van der Waals surface area contributed by atoms with Crippen LogP contribution in [0, 0.1) is 17.8 Å². The van der Waals surface area contributed by atoms with Gasteiger partial charge in [0, 0.05) is 10.6 Å². The number of rotatable bonds is 7. The summed E-state index contributed by atoms with van der Waals surface area (Å²) in [6, 6.07) is 13.4. The van der Waals surface area contributed by atoms with Gasteiger partial charge in [0.1, 0.15) is 17.2 Å². The van der Waals surface area contributed by atoms with Crippen LogP contribution in [-0.4, -0.2) is 46.0 Å². The number of imide groups is 1. The number of hydrogen-bond donors (Lipinski definition) is 0. The molecule has 0 saturated carbocycles. The Hall–Kier alpha value is -3.79. The van der Waals surface area contributed by atoms with Gasteiger partial charge in [0.05, 0.1) is 22.4 Å². The fourth-order valence-corrected chi connectivity index (χ4v) is 5.98. The Labute approximate surface area is 243 Å². The maximum atomic E-state index is 13.7. The van der Waals surface area contributed by atoms with Crippen molar-refractivity contribution < 1.29 is 28.7 Å². The van der Waals surface area contributed by atoms with Crippen molar-refractivity contribution in [1.82, 2.24) is 10.0 Å². The van der Waals surface area contributed by atoms with Crippen LogP contribution in [0.25, 0.3) is 0 Å². The van der Waals surface area contributed by atoms with Crippen molar-refractivity contribution in [2.24, 2.45) is 17.8 Å². The van der Waals surface area contributed by atoms with Crippen LogP contribution in [0.4, 0.5) is 0 Å². The molecule has 11 heteroatoms. The van der Waals surface area contributed by atoms with Crippen LogP contribution >= 0.6 is 34.5 Å². The van der Waals surface area contributed by atoms with Gasteiger partial charge in [0.2, 0.25) is 0 Å². The fourth-order valence-electron chi connectivity index (χ4n) is 4.89. The molecule has 1 aliphatic heterocycles. The highest BCUT2D eigenvalue weighted by molar-refractivity contribution is 7.12. The van der Waals surface area contributed by atoms with Crippen molar-refractivity contribution >= 4 is 64.0 Å². The van der Waals surface area contributed by atoms with E-state index in [1.54, 1.807) is 17.5 Å². The lowest BCUT2D eigenvalue weighted by Crippen LogP contribution is -2.52. The molecule has 1 fully saturated rings. The molecule has 2 aromatic carbocycles. The molecule has 8 nitrogen and oxygen atoms in total. The van der Waals surface area contributed by atoms with Gasteiger partial charge in [-0.25, -0.2) is 9.80 Å². The van der Waals surface area contributed by atoms with Crippen LogP contribution in [0.5, 0.6) is 5.75 Å². The van der Waals surface area contributed by atoms with Crippen LogP contribution in [-0.2, 0) is 9.59 Å². The normalized spacial score (nSPS) is 19.9. The zero-order valence-corrected chi connectivity index (χ0v) is 23.4. The summed E-state index contributed by atoms with van der Waals surface area (Å²) in [6.07, 6.45) is 4.08. The van der Waals surface area contributed by atoms with Crippen molar-refractivity contribution in [3.8, 4) is 5.75 Å². The number of ketones is 1. The molecule has 0 N–H and O–H groups in total. The van der Waals surface area contributed by atoms with E-state index < -0.39 is 47.9 Å². The van der Waals surface area contributed by atoms with Gasteiger partial charge in [-0.05, 0) is 66.2 Å². The van der Waals surface area contributed by atoms with Crippen molar-refractivity contribution in [3.63, 3.8) is 0 Å². The standard InChI is InChI=1S/C29H22Cl2N2O6S/c1-16-4-2-5-21-25(16)28(37)33(27(21)36)32(26(35)20-12-9-18(30)14-22(20)31)15-23(34)17-7-10-19(11-8-17)39-29(38)24-6-3-13-40-24/h2-4,6-14,16,21,25H,5,15H2,1H3/t16-,21+,25+/m1/s1. The van der Waals surface area contributed by atoms with Gasteiger partial charge in [-0.15, -0.1) is 11.3 Å². The van der Waals surface area contributed by atoms with E-state index in [0.29, 0.717) is 16.3 Å². The quantitative estimate of drug-likeness (QED) is 0.114. The number of ether oxygens (including phenoxy) is 1. The first kappa shape index (κ1) is 27.8. The van der Waals surface area contributed by atoms with Gasteiger partial charge in [-0.2, -0.15) is 5.01 Å². The second-order valence-electron chi connectivity index (χ2n) is 9.44. The van der Waals surface area contributed by atoms with Crippen LogP contribution in [0.1, 0.15) is 43.7 Å². The van der Waals surface area contributed by atoms with Gasteiger partial charge < -0.3 is 4.74 Å². The van der Waals surface area contributed by atoms with E-state index >= 15 is 0 Å². The minimum absolute atomic E-state index is 0.0124. The van der Waals surface area contributed by atoms with Crippen molar-refractivity contribution in [3.05, 3.63) is 98.2 Å². The van der Waals surface area contributed by atoms with Gasteiger partial charge >= 0.3 is 5.97 Å². The van der Waals surface area contributed by atoms with Crippen LogP contribution in [0.15, 0.2) is 72.1 Å². The van der Waals surface area contributed by atoms with E-state index in [1.807, 2.05) is 19.1 Å². The molecule has 3 aromatic rings. The second kappa shape index (κ2) is 11.4. The van der Waals surface area contributed by atoms with E-state index in [9.17, 15) is 24.0 Å². The van der Waals surface area contributed by atoms with Crippen LogP contribution < -0.4 is 4.74 Å². The zero-order valence-electron chi connectivity index (χ0n) is 21.1. The second-order valence-corrected chi connectivity index (χ2v) is 11.2. The lowest BCUT2D eigenvalue weighted by atomic mass is 9.78. The predicted octanol–water partition coefficient (Wildman–Crippen LogP) is 5.71. The third kappa shape index (κ3) is 5.32. The maximum Gasteiger partial charge on any atom is 0.353 e. The first-order valence-electron chi connectivity index (χ1n) is 12.4. The number of halogens is 2. The average molecular weight is 597 g/mol. The van der Waals surface area contributed by atoms with Gasteiger partial charge in [0.25, 0.3) is 17.7 Å². The lowest BCUT2D eigenvalue weighted by Gasteiger charge is -2.30. The van der Waals surface area contributed by atoms with Crippen molar-refractivity contribution in [1.29, 1.82) is 0 Å². The molecule has 1 aliphatic carbocycles. The first-order chi connectivity index (χ1) is 19.2. The summed E-state index contributed by atoms with van der Waals surface area (Å²) in [5.41, 5.74) is 0.166. The van der Waals surface area contributed by atoms with Gasteiger partial charge in [0.15, 0.2) is 5.78 Å². The summed E-state index contributed by atoms with van der Waals surface area (Å²) in [4.78, 5) is 66.7. The third-order valence-corrected chi connectivity index (χ3v) is 8.29. The summed E-state index contributed by atoms with van der Waals surface area (Å²) in [7, 11) is 0. The number of carbonyl (C=O) groups excluding carboxylic acids is 5. The molecule has 0 bridgehead atoms. The van der Waals surface area contributed by atoms with Crippen molar-refractivity contribution in [2.45, 2.75) is 13.3 Å². The molecule has 0 spiro atoms. The third-order valence-electron chi connectivity index (χ3n) is 6.89. The van der Waals surface area contributed by atoms with E-state index in [4.69, 9.17) is 27.9 Å². The first-order valence-corrected chi connectivity index (χ1v) is 14.0. The predicted molar refractivity (Wildman–Crippen MR) is 149 cm³/mol. The Bertz CT molecular complexity index is 1540. The fraction of sp³-hybridized carbons (Fsp3) is 0.207. The number of allylic oxidation sites excluding steroid dienone is 2.